The van der Waals surface area contributed by atoms with Gasteiger partial charge in [-0.05, 0) is 30.3 Å². The van der Waals surface area contributed by atoms with Crippen LogP contribution in [0, 0.1) is 5.82 Å². The summed E-state index contributed by atoms with van der Waals surface area (Å²) in [5.74, 6) is -1.05. The van der Waals surface area contributed by atoms with Crippen LogP contribution in [0.15, 0.2) is 36.4 Å². The number of benzene rings is 2. The SMILES string of the molecule is O=C(c1cc(F)cc(Cl)c1)c1c(Cl)cccc1Cl. The molecule has 0 spiro atoms. The first kappa shape index (κ1) is 13.3. The summed E-state index contributed by atoms with van der Waals surface area (Å²) >= 11 is 17.5. The Morgan fingerprint density at radius 2 is 1.61 bits per heavy atom. The van der Waals surface area contributed by atoms with Gasteiger partial charge in [0.2, 0.25) is 0 Å². The van der Waals surface area contributed by atoms with Gasteiger partial charge in [0.25, 0.3) is 0 Å². The first-order chi connectivity index (χ1) is 8.49. The van der Waals surface area contributed by atoms with Crippen LogP contribution in [0.1, 0.15) is 15.9 Å². The highest BCUT2D eigenvalue weighted by molar-refractivity contribution is 6.41. The molecular weight excluding hydrogens is 297 g/mol. The first-order valence-corrected chi connectivity index (χ1v) is 6.07. The van der Waals surface area contributed by atoms with Crippen molar-refractivity contribution < 1.29 is 9.18 Å². The molecule has 2 aromatic carbocycles. The average Bonchev–Trinajstić information content (AvgIpc) is 2.27. The van der Waals surface area contributed by atoms with Gasteiger partial charge in [-0.2, -0.15) is 0 Å². The molecule has 0 radical (unpaired) electrons. The van der Waals surface area contributed by atoms with Gasteiger partial charge < -0.3 is 0 Å². The van der Waals surface area contributed by atoms with Crippen molar-refractivity contribution in [3.05, 3.63) is 68.4 Å². The van der Waals surface area contributed by atoms with Crippen molar-refractivity contribution in [3.63, 3.8) is 0 Å². The molecule has 0 bridgehead atoms. The summed E-state index contributed by atoms with van der Waals surface area (Å²) in [5, 5.41) is 0.572. The van der Waals surface area contributed by atoms with E-state index in [4.69, 9.17) is 34.8 Å². The highest BCUT2D eigenvalue weighted by Crippen LogP contribution is 2.28. The molecule has 0 saturated carbocycles. The molecule has 0 unspecified atom stereocenters. The number of ketones is 1. The van der Waals surface area contributed by atoms with Gasteiger partial charge in [0.15, 0.2) is 5.78 Å². The van der Waals surface area contributed by atoms with Gasteiger partial charge in [0.1, 0.15) is 5.82 Å². The lowest BCUT2D eigenvalue weighted by atomic mass is 10.0. The Morgan fingerprint density at radius 3 is 2.17 bits per heavy atom. The lowest BCUT2D eigenvalue weighted by molar-refractivity contribution is 0.103. The third-order valence-electron chi connectivity index (χ3n) is 2.31. The van der Waals surface area contributed by atoms with Gasteiger partial charge in [-0.1, -0.05) is 40.9 Å². The average molecular weight is 304 g/mol. The summed E-state index contributed by atoms with van der Waals surface area (Å²) in [6, 6.07) is 8.29. The van der Waals surface area contributed by atoms with Crippen molar-refractivity contribution in [1.29, 1.82) is 0 Å². The van der Waals surface area contributed by atoms with E-state index in [1.54, 1.807) is 18.2 Å². The molecule has 0 atom stereocenters. The summed E-state index contributed by atoms with van der Waals surface area (Å²) in [4.78, 5) is 12.2. The van der Waals surface area contributed by atoms with Crippen LogP contribution in [0.25, 0.3) is 0 Å². The topological polar surface area (TPSA) is 17.1 Å². The maximum absolute atomic E-state index is 13.2. The first-order valence-electron chi connectivity index (χ1n) is 4.94. The minimum Gasteiger partial charge on any atom is -0.288 e. The predicted octanol–water partition coefficient (Wildman–Crippen LogP) is 5.02. The van der Waals surface area contributed by atoms with E-state index in [1.165, 1.54) is 6.07 Å². The van der Waals surface area contributed by atoms with Crippen LogP contribution in [-0.2, 0) is 0 Å². The van der Waals surface area contributed by atoms with Gasteiger partial charge in [-0.25, -0.2) is 4.39 Å². The third-order valence-corrected chi connectivity index (χ3v) is 3.16. The molecule has 2 aromatic rings. The molecule has 1 nitrogen and oxygen atoms in total. The molecule has 5 heteroatoms. The maximum Gasteiger partial charge on any atom is 0.196 e. The quantitative estimate of drug-likeness (QED) is 0.712. The van der Waals surface area contributed by atoms with E-state index < -0.39 is 11.6 Å². The Labute approximate surface area is 118 Å². The maximum atomic E-state index is 13.2. The summed E-state index contributed by atoms with van der Waals surface area (Å²) in [7, 11) is 0. The van der Waals surface area contributed by atoms with E-state index in [0.29, 0.717) is 0 Å². The van der Waals surface area contributed by atoms with Crippen molar-refractivity contribution in [2.75, 3.05) is 0 Å². The second-order valence-electron chi connectivity index (χ2n) is 3.58. The molecule has 0 fully saturated rings. The molecule has 0 heterocycles. The monoisotopic (exact) mass is 302 g/mol. The zero-order chi connectivity index (χ0) is 13.3. The van der Waals surface area contributed by atoms with E-state index in [2.05, 4.69) is 0 Å². The molecule has 18 heavy (non-hydrogen) atoms. The van der Waals surface area contributed by atoms with Crippen LogP contribution in [-0.4, -0.2) is 5.78 Å². The minimum absolute atomic E-state index is 0.106. The van der Waals surface area contributed by atoms with E-state index >= 15 is 0 Å². The fourth-order valence-electron chi connectivity index (χ4n) is 1.54. The number of rotatable bonds is 2. The summed E-state index contributed by atoms with van der Waals surface area (Å²) < 4.78 is 13.2. The smallest absolute Gasteiger partial charge is 0.196 e. The van der Waals surface area contributed by atoms with E-state index in [0.717, 1.165) is 12.1 Å². The van der Waals surface area contributed by atoms with Gasteiger partial charge in [-0.15, -0.1) is 0 Å². The van der Waals surface area contributed by atoms with Crippen LogP contribution in [0.5, 0.6) is 0 Å². The van der Waals surface area contributed by atoms with E-state index in [-0.39, 0.29) is 26.2 Å². The van der Waals surface area contributed by atoms with Crippen LogP contribution in [0.2, 0.25) is 15.1 Å². The Hall–Kier alpha value is -1.09. The van der Waals surface area contributed by atoms with Gasteiger partial charge in [0.05, 0.1) is 15.6 Å². The fourth-order valence-corrected chi connectivity index (χ4v) is 2.33. The largest absolute Gasteiger partial charge is 0.288 e. The number of hydrogen-bond acceptors (Lipinski definition) is 1. The van der Waals surface area contributed by atoms with Gasteiger partial charge >= 0.3 is 0 Å². The Morgan fingerprint density at radius 1 is 1.00 bits per heavy atom. The number of hydrogen-bond donors (Lipinski definition) is 0. The Bertz CT molecular complexity index is 585. The molecule has 0 amide bonds. The molecule has 0 aliphatic heterocycles. The zero-order valence-corrected chi connectivity index (χ0v) is 11.2. The molecule has 0 aliphatic rings. The molecule has 0 saturated heterocycles. The van der Waals surface area contributed by atoms with Gasteiger partial charge in [-0.3, -0.25) is 4.79 Å². The predicted molar refractivity (Wildman–Crippen MR) is 71.3 cm³/mol. The third kappa shape index (κ3) is 2.66. The number of halogens is 4. The lowest BCUT2D eigenvalue weighted by Gasteiger charge is -2.06. The molecule has 0 aromatic heterocycles. The number of carbonyl (C=O) groups excluding carboxylic acids is 1. The summed E-state index contributed by atoms with van der Waals surface area (Å²) in [6.07, 6.45) is 0. The lowest BCUT2D eigenvalue weighted by Crippen LogP contribution is -2.03. The molecule has 0 N–H and O–H groups in total. The van der Waals surface area contributed by atoms with Crippen LogP contribution < -0.4 is 0 Å². The van der Waals surface area contributed by atoms with Crippen LogP contribution >= 0.6 is 34.8 Å². The standard InChI is InChI=1S/C13H6Cl3FO/c14-8-4-7(5-9(17)6-8)13(18)12-10(15)2-1-3-11(12)16/h1-6H. The van der Waals surface area contributed by atoms with Crippen molar-refractivity contribution in [2.45, 2.75) is 0 Å². The molecular formula is C13H6Cl3FO. The molecule has 92 valence electrons. The fraction of sp³-hybridized carbons (Fsp3) is 0. The second kappa shape index (κ2) is 5.27. The summed E-state index contributed by atoms with van der Waals surface area (Å²) in [6.45, 7) is 0. The second-order valence-corrected chi connectivity index (χ2v) is 4.83. The van der Waals surface area contributed by atoms with Crippen molar-refractivity contribution in [1.82, 2.24) is 0 Å². The molecule has 0 aliphatic carbocycles. The van der Waals surface area contributed by atoms with Crippen molar-refractivity contribution in [3.8, 4) is 0 Å². The number of carbonyl (C=O) groups is 1. The van der Waals surface area contributed by atoms with Gasteiger partial charge in [0, 0.05) is 10.6 Å². The van der Waals surface area contributed by atoms with Crippen LogP contribution in [0.3, 0.4) is 0 Å². The van der Waals surface area contributed by atoms with E-state index in [9.17, 15) is 9.18 Å². The summed E-state index contributed by atoms with van der Waals surface area (Å²) in [5.41, 5.74) is 0.248. The van der Waals surface area contributed by atoms with E-state index in [1.807, 2.05) is 0 Å². The van der Waals surface area contributed by atoms with Crippen molar-refractivity contribution in [2.24, 2.45) is 0 Å². The Balaban J connectivity index is 2.55. The Kier molecular flexibility index (Phi) is 3.91. The highest BCUT2D eigenvalue weighted by atomic mass is 35.5. The highest BCUT2D eigenvalue weighted by Gasteiger charge is 2.17. The zero-order valence-electron chi connectivity index (χ0n) is 8.88. The molecule has 2 rings (SSSR count). The van der Waals surface area contributed by atoms with Crippen molar-refractivity contribution >= 4 is 40.6 Å². The normalized spacial score (nSPS) is 10.4. The minimum atomic E-state index is -0.589. The van der Waals surface area contributed by atoms with Crippen LogP contribution in [0.4, 0.5) is 4.39 Å².